The van der Waals surface area contributed by atoms with E-state index in [1.54, 1.807) is 36.1 Å². The van der Waals surface area contributed by atoms with Crippen LogP contribution in [0.25, 0.3) is 0 Å². The second-order valence-corrected chi connectivity index (χ2v) is 5.68. The lowest BCUT2D eigenvalue weighted by Gasteiger charge is -2.26. The number of ether oxygens (including phenoxy) is 1. The summed E-state index contributed by atoms with van der Waals surface area (Å²) in [6.45, 7) is 0.476. The average molecular weight is 343 g/mol. The van der Waals surface area contributed by atoms with E-state index in [0.717, 1.165) is 5.69 Å². The highest BCUT2D eigenvalue weighted by atomic mass is 35.5. The summed E-state index contributed by atoms with van der Waals surface area (Å²) in [5.74, 6) is -0.379. The Balaban J connectivity index is 2.31. The SMILES string of the molecule is COC(=O)[C@H](c1ccc(Cl)c(Cl)c1)N(C)Cc1cnnn1C. The maximum absolute atomic E-state index is 12.2. The molecule has 6 nitrogen and oxygen atoms in total. The van der Waals surface area contributed by atoms with E-state index in [1.807, 2.05) is 11.9 Å². The van der Waals surface area contributed by atoms with E-state index in [4.69, 9.17) is 27.9 Å². The van der Waals surface area contributed by atoms with Crippen molar-refractivity contribution >= 4 is 29.2 Å². The molecule has 22 heavy (non-hydrogen) atoms. The van der Waals surface area contributed by atoms with Crippen molar-refractivity contribution in [2.75, 3.05) is 14.2 Å². The van der Waals surface area contributed by atoms with E-state index in [0.29, 0.717) is 22.2 Å². The minimum absolute atomic E-state index is 0.379. The molecule has 8 heteroatoms. The summed E-state index contributed by atoms with van der Waals surface area (Å²) in [5.41, 5.74) is 1.58. The number of nitrogens with zero attached hydrogens (tertiary/aromatic N) is 4. The number of hydrogen-bond donors (Lipinski definition) is 0. The quantitative estimate of drug-likeness (QED) is 0.781. The molecule has 1 aromatic carbocycles. The Hall–Kier alpha value is -1.63. The highest BCUT2D eigenvalue weighted by Gasteiger charge is 2.27. The number of hydrogen-bond acceptors (Lipinski definition) is 5. The summed E-state index contributed by atoms with van der Waals surface area (Å²) < 4.78 is 6.57. The van der Waals surface area contributed by atoms with Crippen LogP contribution in [-0.2, 0) is 23.1 Å². The minimum atomic E-state index is -0.602. The molecule has 0 radical (unpaired) electrons. The zero-order chi connectivity index (χ0) is 16.3. The van der Waals surface area contributed by atoms with E-state index in [9.17, 15) is 4.79 Å². The molecule has 0 aliphatic rings. The molecule has 0 unspecified atom stereocenters. The first-order valence-corrected chi connectivity index (χ1v) is 7.26. The van der Waals surface area contributed by atoms with Gasteiger partial charge in [0.25, 0.3) is 0 Å². The van der Waals surface area contributed by atoms with Crippen LogP contribution < -0.4 is 0 Å². The fraction of sp³-hybridized carbons (Fsp3) is 0.357. The summed E-state index contributed by atoms with van der Waals surface area (Å²) in [4.78, 5) is 14.0. The zero-order valence-corrected chi connectivity index (χ0v) is 14.0. The van der Waals surface area contributed by atoms with Crippen molar-refractivity contribution in [2.24, 2.45) is 7.05 Å². The fourth-order valence-corrected chi connectivity index (χ4v) is 2.47. The van der Waals surface area contributed by atoms with Gasteiger partial charge in [0.05, 0.1) is 29.0 Å². The standard InChI is InChI=1S/C14H16Cl2N4O2/c1-19(8-10-7-17-18-20(10)2)13(14(21)22-3)9-4-5-11(15)12(16)6-9/h4-7,13H,8H2,1-3H3/t13-/m0/s1. The van der Waals surface area contributed by atoms with Gasteiger partial charge in [0.15, 0.2) is 0 Å². The number of aromatic nitrogens is 3. The number of halogens is 2. The third-order valence-corrected chi connectivity index (χ3v) is 4.08. The summed E-state index contributed by atoms with van der Waals surface area (Å²) in [6.07, 6.45) is 1.65. The highest BCUT2D eigenvalue weighted by molar-refractivity contribution is 6.42. The first kappa shape index (κ1) is 16.7. The lowest BCUT2D eigenvalue weighted by atomic mass is 10.1. The third-order valence-electron chi connectivity index (χ3n) is 3.34. The molecule has 0 amide bonds. The Morgan fingerprint density at radius 3 is 2.68 bits per heavy atom. The van der Waals surface area contributed by atoms with Crippen LogP contribution in [0.5, 0.6) is 0 Å². The largest absolute Gasteiger partial charge is 0.468 e. The van der Waals surface area contributed by atoms with Crippen molar-refractivity contribution in [1.29, 1.82) is 0 Å². The van der Waals surface area contributed by atoms with Gasteiger partial charge in [-0.05, 0) is 24.7 Å². The number of rotatable bonds is 5. The van der Waals surface area contributed by atoms with Crippen LogP contribution in [0.4, 0.5) is 0 Å². The maximum Gasteiger partial charge on any atom is 0.327 e. The summed E-state index contributed by atoms with van der Waals surface area (Å²) >= 11 is 12.0. The van der Waals surface area contributed by atoms with Gasteiger partial charge in [-0.15, -0.1) is 5.10 Å². The summed E-state index contributed by atoms with van der Waals surface area (Å²) in [6, 6.07) is 4.49. The van der Waals surface area contributed by atoms with Crippen molar-refractivity contribution in [3.05, 3.63) is 45.7 Å². The Labute approximate surface area is 138 Å². The van der Waals surface area contributed by atoms with Crippen molar-refractivity contribution in [2.45, 2.75) is 12.6 Å². The van der Waals surface area contributed by atoms with Gasteiger partial charge in [-0.3, -0.25) is 9.58 Å². The number of esters is 1. The molecule has 0 saturated carbocycles. The molecule has 2 aromatic rings. The van der Waals surface area contributed by atoms with Gasteiger partial charge in [0.1, 0.15) is 6.04 Å². The topological polar surface area (TPSA) is 60.2 Å². The van der Waals surface area contributed by atoms with Gasteiger partial charge in [0, 0.05) is 13.6 Å². The molecule has 0 spiro atoms. The van der Waals surface area contributed by atoms with Gasteiger partial charge < -0.3 is 4.74 Å². The second kappa shape index (κ2) is 7.09. The van der Waals surface area contributed by atoms with Crippen LogP contribution in [-0.4, -0.2) is 40.0 Å². The van der Waals surface area contributed by atoms with Crippen LogP contribution in [0, 0.1) is 0 Å². The maximum atomic E-state index is 12.2. The highest BCUT2D eigenvalue weighted by Crippen LogP contribution is 2.29. The van der Waals surface area contributed by atoms with E-state index in [1.165, 1.54) is 7.11 Å². The van der Waals surface area contributed by atoms with Crippen LogP contribution >= 0.6 is 23.2 Å². The molecule has 0 bridgehead atoms. The predicted molar refractivity (Wildman–Crippen MR) is 83.7 cm³/mol. The molecule has 1 atom stereocenters. The van der Waals surface area contributed by atoms with Crippen molar-refractivity contribution < 1.29 is 9.53 Å². The fourth-order valence-electron chi connectivity index (χ4n) is 2.17. The smallest absolute Gasteiger partial charge is 0.327 e. The first-order chi connectivity index (χ1) is 10.4. The van der Waals surface area contributed by atoms with Crippen molar-refractivity contribution in [3.63, 3.8) is 0 Å². The molecule has 0 fully saturated rings. The Morgan fingerprint density at radius 1 is 1.41 bits per heavy atom. The molecule has 0 aliphatic heterocycles. The third kappa shape index (κ3) is 3.58. The predicted octanol–water partition coefficient (Wildman–Crippen LogP) is 2.47. The van der Waals surface area contributed by atoms with Crippen LogP contribution in [0.1, 0.15) is 17.3 Å². The van der Waals surface area contributed by atoms with E-state index < -0.39 is 6.04 Å². The van der Waals surface area contributed by atoms with E-state index >= 15 is 0 Å². The molecule has 118 valence electrons. The van der Waals surface area contributed by atoms with Crippen molar-refractivity contribution in [3.8, 4) is 0 Å². The molecule has 2 rings (SSSR count). The Kier molecular flexibility index (Phi) is 5.39. The number of aryl methyl sites for hydroxylation is 1. The molecule has 0 saturated heterocycles. The van der Waals surface area contributed by atoms with Crippen LogP contribution in [0.2, 0.25) is 10.0 Å². The number of benzene rings is 1. The Morgan fingerprint density at radius 2 is 2.14 bits per heavy atom. The van der Waals surface area contributed by atoms with Gasteiger partial charge >= 0.3 is 5.97 Å². The lowest BCUT2D eigenvalue weighted by molar-refractivity contribution is -0.147. The number of carbonyl (C=O) groups is 1. The molecule has 0 N–H and O–H groups in total. The second-order valence-electron chi connectivity index (χ2n) is 4.86. The zero-order valence-electron chi connectivity index (χ0n) is 12.5. The summed E-state index contributed by atoms with van der Waals surface area (Å²) in [7, 11) is 4.96. The van der Waals surface area contributed by atoms with Gasteiger partial charge in [0.2, 0.25) is 0 Å². The summed E-state index contributed by atoms with van der Waals surface area (Å²) in [5, 5.41) is 8.54. The normalized spacial score (nSPS) is 12.5. The molecule has 1 heterocycles. The van der Waals surface area contributed by atoms with E-state index in [-0.39, 0.29) is 5.97 Å². The number of likely N-dealkylation sites (N-methyl/N-ethyl adjacent to an activating group) is 1. The monoisotopic (exact) mass is 342 g/mol. The lowest BCUT2D eigenvalue weighted by Crippen LogP contribution is -2.32. The van der Waals surface area contributed by atoms with Crippen LogP contribution in [0.15, 0.2) is 24.4 Å². The van der Waals surface area contributed by atoms with Gasteiger partial charge in [-0.1, -0.05) is 34.5 Å². The minimum Gasteiger partial charge on any atom is -0.468 e. The molecular formula is C14H16Cl2N4O2. The van der Waals surface area contributed by atoms with Gasteiger partial charge in [-0.25, -0.2) is 4.79 Å². The number of carbonyl (C=O) groups excluding carboxylic acids is 1. The molecule has 0 aliphatic carbocycles. The van der Waals surface area contributed by atoms with Crippen LogP contribution in [0.3, 0.4) is 0 Å². The van der Waals surface area contributed by atoms with E-state index in [2.05, 4.69) is 10.3 Å². The van der Waals surface area contributed by atoms with Crippen molar-refractivity contribution in [1.82, 2.24) is 19.9 Å². The number of methoxy groups -OCH3 is 1. The average Bonchev–Trinajstić information content (AvgIpc) is 2.88. The van der Waals surface area contributed by atoms with Gasteiger partial charge in [-0.2, -0.15) is 0 Å². The molecule has 1 aromatic heterocycles. The Bertz CT molecular complexity index is 675. The first-order valence-electron chi connectivity index (χ1n) is 6.50. The molecular weight excluding hydrogens is 327 g/mol.